The Labute approximate surface area is 94.0 Å². The fraction of sp³-hybridized carbons (Fsp3) is 0.417. The van der Waals surface area contributed by atoms with Crippen LogP contribution in [0.5, 0.6) is 0 Å². The van der Waals surface area contributed by atoms with Crippen molar-refractivity contribution in [2.75, 3.05) is 18.9 Å². The Balaban J connectivity index is 1.96. The van der Waals surface area contributed by atoms with Gasteiger partial charge in [-0.1, -0.05) is 12.1 Å². The van der Waals surface area contributed by atoms with E-state index in [2.05, 4.69) is 11.2 Å². The van der Waals surface area contributed by atoms with Gasteiger partial charge in [-0.15, -0.1) is 0 Å². The summed E-state index contributed by atoms with van der Waals surface area (Å²) in [5.74, 6) is 1.19. The zero-order valence-electron chi connectivity index (χ0n) is 9.10. The minimum atomic E-state index is 0.572. The number of nitrogens with two attached hydrogens (primary N) is 1. The lowest BCUT2D eigenvalue weighted by Gasteiger charge is -2.08. The molecule has 4 heteroatoms. The summed E-state index contributed by atoms with van der Waals surface area (Å²) in [6.07, 6.45) is 1.12. The first-order valence-electron chi connectivity index (χ1n) is 5.63. The Kier molecular flexibility index (Phi) is 2.29. The molecule has 0 bridgehead atoms. The van der Waals surface area contributed by atoms with E-state index in [9.17, 15) is 0 Å². The number of hydrogen-bond acceptors (Lipinski definition) is 3. The lowest BCUT2D eigenvalue weighted by atomic mass is 10.1. The van der Waals surface area contributed by atoms with Gasteiger partial charge < -0.3 is 10.5 Å². The summed E-state index contributed by atoms with van der Waals surface area (Å²) in [4.78, 5) is 0. The van der Waals surface area contributed by atoms with Crippen molar-refractivity contribution < 1.29 is 4.74 Å². The highest BCUT2D eigenvalue weighted by molar-refractivity contribution is 5.88. The predicted octanol–water partition coefficient (Wildman–Crippen LogP) is 1.66. The van der Waals surface area contributed by atoms with E-state index in [1.807, 2.05) is 22.9 Å². The van der Waals surface area contributed by atoms with Crippen molar-refractivity contribution >= 4 is 16.7 Å². The van der Waals surface area contributed by atoms with Crippen molar-refractivity contribution in [3.05, 3.63) is 24.3 Å². The van der Waals surface area contributed by atoms with Gasteiger partial charge in [-0.3, -0.25) is 4.68 Å². The Hall–Kier alpha value is -1.55. The molecule has 1 aromatic carbocycles. The highest BCUT2D eigenvalue weighted by Crippen LogP contribution is 2.22. The zero-order chi connectivity index (χ0) is 11.0. The van der Waals surface area contributed by atoms with Crippen LogP contribution >= 0.6 is 0 Å². The van der Waals surface area contributed by atoms with Crippen LogP contribution in [0.1, 0.15) is 6.42 Å². The second-order valence-corrected chi connectivity index (χ2v) is 4.31. The molecular weight excluding hydrogens is 202 g/mol. The highest BCUT2D eigenvalue weighted by Gasteiger charge is 2.18. The van der Waals surface area contributed by atoms with Gasteiger partial charge in [-0.05, 0) is 18.6 Å². The van der Waals surface area contributed by atoms with Crippen molar-refractivity contribution in [1.82, 2.24) is 9.78 Å². The molecule has 1 unspecified atom stereocenters. The molecule has 84 valence electrons. The summed E-state index contributed by atoms with van der Waals surface area (Å²) in [7, 11) is 0. The number of nitrogens with zero attached hydrogens (tertiary/aromatic N) is 2. The molecule has 0 radical (unpaired) electrons. The number of fused-ring (bicyclic) bond motifs is 1. The normalized spacial score (nSPS) is 20.6. The van der Waals surface area contributed by atoms with Gasteiger partial charge in [0.15, 0.2) is 5.82 Å². The molecule has 2 aromatic rings. The fourth-order valence-corrected chi connectivity index (χ4v) is 2.26. The molecule has 0 spiro atoms. The van der Waals surface area contributed by atoms with Crippen LogP contribution in [-0.2, 0) is 11.3 Å². The van der Waals surface area contributed by atoms with Gasteiger partial charge >= 0.3 is 0 Å². The van der Waals surface area contributed by atoms with E-state index in [0.29, 0.717) is 11.7 Å². The standard InChI is InChI=1S/C12H15N3O/c13-12-10-3-1-2-4-11(10)15(14-12)7-9-5-6-16-8-9/h1-4,9H,5-8H2,(H2,13,14). The van der Waals surface area contributed by atoms with Crippen LogP contribution in [0.25, 0.3) is 10.9 Å². The number of aromatic nitrogens is 2. The Morgan fingerprint density at radius 3 is 3.12 bits per heavy atom. The first-order valence-corrected chi connectivity index (χ1v) is 5.63. The predicted molar refractivity (Wildman–Crippen MR) is 63.1 cm³/mol. The lowest BCUT2D eigenvalue weighted by molar-refractivity contribution is 0.182. The Morgan fingerprint density at radius 2 is 2.31 bits per heavy atom. The van der Waals surface area contributed by atoms with E-state index in [-0.39, 0.29) is 0 Å². The number of benzene rings is 1. The summed E-state index contributed by atoms with van der Waals surface area (Å²) in [6, 6.07) is 8.09. The molecule has 1 aliphatic rings. The van der Waals surface area contributed by atoms with E-state index in [4.69, 9.17) is 10.5 Å². The van der Waals surface area contributed by atoms with Crippen LogP contribution in [0.15, 0.2) is 24.3 Å². The largest absolute Gasteiger partial charge is 0.382 e. The molecule has 0 amide bonds. The molecule has 0 saturated carbocycles. The van der Waals surface area contributed by atoms with Gasteiger partial charge in [-0.2, -0.15) is 5.10 Å². The molecular formula is C12H15N3O. The maximum absolute atomic E-state index is 5.89. The highest BCUT2D eigenvalue weighted by atomic mass is 16.5. The molecule has 0 aliphatic carbocycles. The maximum atomic E-state index is 5.89. The van der Waals surface area contributed by atoms with Crippen LogP contribution < -0.4 is 5.73 Å². The van der Waals surface area contributed by atoms with Gasteiger partial charge in [0.25, 0.3) is 0 Å². The average Bonchev–Trinajstić information content (AvgIpc) is 2.90. The molecule has 2 heterocycles. The van der Waals surface area contributed by atoms with Crippen molar-refractivity contribution in [3.63, 3.8) is 0 Å². The summed E-state index contributed by atoms with van der Waals surface area (Å²) in [5.41, 5.74) is 7.01. The molecule has 1 saturated heterocycles. The number of nitrogen functional groups attached to an aromatic ring is 1. The minimum Gasteiger partial charge on any atom is -0.382 e. The van der Waals surface area contributed by atoms with Crippen molar-refractivity contribution in [2.24, 2.45) is 5.92 Å². The second-order valence-electron chi connectivity index (χ2n) is 4.31. The maximum Gasteiger partial charge on any atom is 0.153 e. The monoisotopic (exact) mass is 217 g/mol. The van der Waals surface area contributed by atoms with Gasteiger partial charge in [0.1, 0.15) is 0 Å². The third-order valence-electron chi connectivity index (χ3n) is 3.14. The number of ether oxygens (including phenoxy) is 1. The van der Waals surface area contributed by atoms with Crippen LogP contribution in [0, 0.1) is 5.92 Å². The van der Waals surface area contributed by atoms with Gasteiger partial charge in [0, 0.05) is 24.5 Å². The number of rotatable bonds is 2. The van der Waals surface area contributed by atoms with Crippen molar-refractivity contribution in [1.29, 1.82) is 0 Å². The summed E-state index contributed by atoms with van der Waals surface area (Å²) >= 11 is 0. The smallest absolute Gasteiger partial charge is 0.153 e. The molecule has 1 fully saturated rings. The van der Waals surface area contributed by atoms with Crippen LogP contribution in [-0.4, -0.2) is 23.0 Å². The quantitative estimate of drug-likeness (QED) is 0.832. The molecule has 1 atom stereocenters. The summed E-state index contributed by atoms with van der Waals surface area (Å²) in [5, 5.41) is 5.44. The van der Waals surface area contributed by atoms with Crippen molar-refractivity contribution in [3.8, 4) is 0 Å². The average molecular weight is 217 g/mol. The Bertz CT molecular complexity index is 500. The van der Waals surface area contributed by atoms with E-state index >= 15 is 0 Å². The van der Waals surface area contributed by atoms with E-state index < -0.39 is 0 Å². The molecule has 2 N–H and O–H groups in total. The van der Waals surface area contributed by atoms with Crippen molar-refractivity contribution in [2.45, 2.75) is 13.0 Å². The number of anilines is 1. The molecule has 3 rings (SSSR count). The topological polar surface area (TPSA) is 53.1 Å². The molecule has 16 heavy (non-hydrogen) atoms. The lowest BCUT2D eigenvalue weighted by Crippen LogP contribution is -2.11. The van der Waals surface area contributed by atoms with Gasteiger partial charge in [0.05, 0.1) is 12.1 Å². The van der Waals surface area contributed by atoms with Crippen LogP contribution in [0.4, 0.5) is 5.82 Å². The molecule has 1 aliphatic heterocycles. The SMILES string of the molecule is Nc1nn(CC2CCOC2)c2ccccc12. The number of hydrogen-bond donors (Lipinski definition) is 1. The third kappa shape index (κ3) is 1.55. The van der Waals surface area contributed by atoms with E-state index in [0.717, 1.165) is 37.1 Å². The molecule has 4 nitrogen and oxygen atoms in total. The summed E-state index contributed by atoms with van der Waals surface area (Å²) in [6.45, 7) is 2.62. The Morgan fingerprint density at radius 1 is 1.44 bits per heavy atom. The minimum absolute atomic E-state index is 0.572. The second kappa shape index (κ2) is 3.79. The van der Waals surface area contributed by atoms with Gasteiger partial charge in [-0.25, -0.2) is 0 Å². The van der Waals surface area contributed by atoms with Crippen LogP contribution in [0.3, 0.4) is 0 Å². The zero-order valence-corrected chi connectivity index (χ0v) is 9.10. The van der Waals surface area contributed by atoms with E-state index in [1.54, 1.807) is 0 Å². The fourth-order valence-electron chi connectivity index (χ4n) is 2.26. The first kappa shape index (κ1) is 9.66. The van der Waals surface area contributed by atoms with Crippen LogP contribution in [0.2, 0.25) is 0 Å². The number of para-hydroxylation sites is 1. The van der Waals surface area contributed by atoms with E-state index in [1.165, 1.54) is 0 Å². The molecule has 1 aromatic heterocycles. The van der Waals surface area contributed by atoms with Gasteiger partial charge in [0.2, 0.25) is 0 Å². The summed E-state index contributed by atoms with van der Waals surface area (Å²) < 4.78 is 7.38. The third-order valence-corrected chi connectivity index (χ3v) is 3.14. The first-order chi connectivity index (χ1) is 7.84.